The molecule has 0 saturated carbocycles. The number of hydrogen-bond donors (Lipinski definition) is 4. The van der Waals surface area contributed by atoms with E-state index in [0.717, 1.165) is 32.1 Å². The van der Waals surface area contributed by atoms with Crippen LogP contribution in [0.25, 0.3) is 0 Å². The van der Waals surface area contributed by atoms with Crippen molar-refractivity contribution in [3.8, 4) is 0 Å². The van der Waals surface area contributed by atoms with Crippen LogP contribution in [0.3, 0.4) is 0 Å². The minimum absolute atomic E-state index is 0.208. The Balaban J connectivity index is 4.79. The highest BCUT2D eigenvalue weighted by atomic mass is 32.1. The van der Waals surface area contributed by atoms with Crippen molar-refractivity contribution in [2.24, 2.45) is 5.92 Å². The topological polar surface area (TPSA) is 105 Å². The van der Waals surface area contributed by atoms with Gasteiger partial charge < -0.3 is 20.5 Å². The summed E-state index contributed by atoms with van der Waals surface area (Å²) >= 11 is 4.16. The molecule has 212 valence electrons. The van der Waals surface area contributed by atoms with Crippen molar-refractivity contribution in [3.05, 3.63) is 34.9 Å². The number of carboxylic acid groups (broad SMARTS) is 1. The van der Waals surface area contributed by atoms with Gasteiger partial charge in [0, 0.05) is 0 Å². The Bertz CT molecular complexity index is 823. The molecule has 7 nitrogen and oxygen atoms in total. The molecule has 2 amide bonds. The van der Waals surface area contributed by atoms with Crippen LogP contribution in [0.2, 0.25) is 0 Å². The Morgan fingerprint density at radius 1 is 0.946 bits per heavy atom. The fraction of sp³-hybridized carbons (Fsp3) is 0.690. The molecule has 0 saturated heterocycles. The second-order valence-corrected chi connectivity index (χ2v) is 11.7. The summed E-state index contributed by atoms with van der Waals surface area (Å²) in [7, 11) is 0. The molecule has 3 atom stereocenters. The highest BCUT2D eigenvalue weighted by Crippen LogP contribution is 2.16. The van der Waals surface area contributed by atoms with Gasteiger partial charge in [-0.3, -0.25) is 4.79 Å². The number of alkyl carbamates (subject to hydrolysis) is 1. The summed E-state index contributed by atoms with van der Waals surface area (Å²) in [6, 6.07) is -1.94. The van der Waals surface area contributed by atoms with Crippen LogP contribution >= 0.6 is 12.6 Å². The van der Waals surface area contributed by atoms with Crippen molar-refractivity contribution in [3.63, 3.8) is 0 Å². The van der Waals surface area contributed by atoms with E-state index in [-0.39, 0.29) is 5.92 Å². The minimum Gasteiger partial charge on any atom is -0.480 e. The van der Waals surface area contributed by atoms with Crippen LogP contribution in [-0.4, -0.2) is 40.1 Å². The second-order valence-electron chi connectivity index (χ2n) is 10.6. The summed E-state index contributed by atoms with van der Waals surface area (Å²) in [4.78, 5) is 35.9. The first kappa shape index (κ1) is 34.8. The van der Waals surface area contributed by atoms with Gasteiger partial charge in [-0.1, -0.05) is 55.2 Å². The second kappa shape index (κ2) is 18.1. The SMILES string of the molecule is CC[C@@H](C)[C@H](NC(=O)OC(C)(C)S)C(=O)N[C@H](CCC/C=C(\C)CC/C=C(\C)CCC=C(C)C)C(=O)O. The van der Waals surface area contributed by atoms with Gasteiger partial charge in [0.25, 0.3) is 0 Å². The molecule has 8 heteroatoms. The van der Waals surface area contributed by atoms with E-state index in [1.165, 1.54) is 16.7 Å². The molecule has 0 aromatic carbocycles. The molecule has 0 bridgehead atoms. The maximum Gasteiger partial charge on any atom is 0.409 e. The fourth-order valence-corrected chi connectivity index (χ4v) is 3.70. The van der Waals surface area contributed by atoms with Crippen molar-refractivity contribution in [1.29, 1.82) is 0 Å². The van der Waals surface area contributed by atoms with E-state index < -0.39 is 35.0 Å². The zero-order valence-electron chi connectivity index (χ0n) is 24.1. The number of carboxylic acids is 1. The summed E-state index contributed by atoms with van der Waals surface area (Å²) in [5, 5.41) is 14.8. The number of allylic oxidation sites excluding steroid dienone is 6. The molecule has 3 N–H and O–H groups in total. The highest BCUT2D eigenvalue weighted by Gasteiger charge is 2.31. The first-order valence-electron chi connectivity index (χ1n) is 13.4. The third kappa shape index (κ3) is 17.8. The Morgan fingerprint density at radius 3 is 1.97 bits per heavy atom. The lowest BCUT2D eigenvalue weighted by molar-refractivity contribution is -0.142. The lowest BCUT2D eigenvalue weighted by Gasteiger charge is -2.27. The molecule has 0 unspecified atom stereocenters. The lowest BCUT2D eigenvalue weighted by Crippen LogP contribution is -2.54. The Kier molecular flexibility index (Phi) is 17.0. The Labute approximate surface area is 230 Å². The number of aliphatic carboxylic acids is 1. The average molecular weight is 539 g/mol. The van der Waals surface area contributed by atoms with Gasteiger partial charge in [-0.2, -0.15) is 0 Å². The van der Waals surface area contributed by atoms with Crippen molar-refractivity contribution in [2.45, 2.75) is 124 Å². The standard InChI is InChI=1S/C29H50N2O5S/c1-9-23(6)25(31-28(35)36-29(7,8)37)26(32)30-24(27(33)34)19-11-10-15-21(4)17-13-18-22(5)16-12-14-20(2)3/h14-15,18,23-25,37H,9-13,16-17,19H2,1-8H3,(H,30,32)(H,31,35)(H,33,34)/b21-15+,22-18+/t23-,24-,25+/m1/s1. The summed E-state index contributed by atoms with van der Waals surface area (Å²) in [6.07, 6.45) is 12.3. The first-order chi connectivity index (χ1) is 17.2. The Morgan fingerprint density at radius 2 is 1.49 bits per heavy atom. The molecule has 0 aliphatic heterocycles. The van der Waals surface area contributed by atoms with Crippen LogP contribution in [0.5, 0.6) is 0 Å². The molecular formula is C29H50N2O5S. The van der Waals surface area contributed by atoms with Gasteiger partial charge in [0.1, 0.15) is 12.1 Å². The molecular weight excluding hydrogens is 488 g/mol. The maximum atomic E-state index is 12.9. The molecule has 0 aromatic heterocycles. The molecule has 0 rings (SSSR count). The van der Waals surface area contributed by atoms with Gasteiger partial charge in [0.2, 0.25) is 5.91 Å². The zero-order valence-corrected chi connectivity index (χ0v) is 25.0. The number of unbranched alkanes of at least 4 members (excludes halogenated alkanes) is 1. The van der Waals surface area contributed by atoms with E-state index >= 15 is 0 Å². The number of hydrogen-bond acceptors (Lipinski definition) is 5. The van der Waals surface area contributed by atoms with Gasteiger partial charge in [0.05, 0.1) is 0 Å². The molecule has 0 spiro atoms. The smallest absolute Gasteiger partial charge is 0.409 e. The number of thiol groups is 1. The number of amides is 2. The molecule has 0 aromatic rings. The summed E-state index contributed by atoms with van der Waals surface area (Å²) < 4.78 is 5.14. The van der Waals surface area contributed by atoms with Gasteiger partial charge in [-0.05, 0) is 92.4 Å². The van der Waals surface area contributed by atoms with Crippen LogP contribution in [-0.2, 0) is 14.3 Å². The number of carbonyl (C=O) groups excluding carboxylic acids is 2. The first-order valence-corrected chi connectivity index (χ1v) is 13.8. The van der Waals surface area contributed by atoms with E-state index in [1.54, 1.807) is 13.8 Å². The number of carbonyl (C=O) groups is 3. The predicted octanol–water partition coefficient (Wildman–Crippen LogP) is 6.95. The lowest BCUT2D eigenvalue weighted by atomic mass is 9.97. The van der Waals surface area contributed by atoms with E-state index in [2.05, 4.69) is 69.2 Å². The number of nitrogens with one attached hydrogen (secondary N) is 2. The average Bonchev–Trinajstić information content (AvgIpc) is 2.77. The van der Waals surface area contributed by atoms with Crippen molar-refractivity contribution >= 4 is 30.6 Å². The van der Waals surface area contributed by atoms with Gasteiger partial charge in [-0.15, -0.1) is 12.6 Å². The number of ether oxygens (including phenoxy) is 1. The molecule has 0 aliphatic carbocycles. The zero-order chi connectivity index (χ0) is 28.6. The predicted molar refractivity (Wildman–Crippen MR) is 155 cm³/mol. The molecule has 0 heterocycles. The summed E-state index contributed by atoms with van der Waals surface area (Å²) in [5.41, 5.74) is 4.02. The van der Waals surface area contributed by atoms with Crippen LogP contribution in [0.1, 0.15) is 107 Å². The largest absolute Gasteiger partial charge is 0.480 e. The fourth-order valence-electron chi connectivity index (χ4n) is 3.61. The monoisotopic (exact) mass is 538 g/mol. The van der Waals surface area contributed by atoms with Crippen LogP contribution < -0.4 is 10.6 Å². The van der Waals surface area contributed by atoms with E-state index in [4.69, 9.17) is 4.74 Å². The maximum absolute atomic E-state index is 12.9. The van der Waals surface area contributed by atoms with Crippen LogP contribution in [0.4, 0.5) is 4.79 Å². The summed E-state index contributed by atoms with van der Waals surface area (Å²) in [6.45, 7) is 15.4. The van der Waals surface area contributed by atoms with Gasteiger partial charge in [0.15, 0.2) is 4.93 Å². The normalized spacial score (nSPS) is 14.8. The number of rotatable bonds is 17. The third-order valence-electron chi connectivity index (χ3n) is 6.04. The van der Waals surface area contributed by atoms with Crippen LogP contribution in [0.15, 0.2) is 34.9 Å². The van der Waals surface area contributed by atoms with Gasteiger partial charge in [-0.25, -0.2) is 9.59 Å². The third-order valence-corrected chi connectivity index (χ3v) is 6.13. The molecule has 0 aliphatic rings. The quantitative estimate of drug-likeness (QED) is 0.0694. The molecule has 0 fully saturated rings. The summed E-state index contributed by atoms with van der Waals surface area (Å²) in [5.74, 6) is -1.83. The molecule has 37 heavy (non-hydrogen) atoms. The van der Waals surface area contributed by atoms with Crippen molar-refractivity contribution in [2.75, 3.05) is 0 Å². The van der Waals surface area contributed by atoms with Crippen molar-refractivity contribution < 1.29 is 24.2 Å². The van der Waals surface area contributed by atoms with Crippen LogP contribution in [0, 0.1) is 5.92 Å². The van der Waals surface area contributed by atoms with Crippen molar-refractivity contribution in [1.82, 2.24) is 10.6 Å². The van der Waals surface area contributed by atoms with Gasteiger partial charge >= 0.3 is 12.1 Å². The highest BCUT2D eigenvalue weighted by molar-refractivity contribution is 7.81. The molecule has 0 radical (unpaired) electrons. The Hall–Kier alpha value is -2.22. The van der Waals surface area contributed by atoms with E-state index in [0.29, 0.717) is 19.3 Å². The van der Waals surface area contributed by atoms with E-state index in [1.807, 2.05) is 13.8 Å². The van der Waals surface area contributed by atoms with E-state index in [9.17, 15) is 19.5 Å². The minimum atomic E-state index is -1.09.